The molecule has 0 spiro atoms. The highest BCUT2D eigenvalue weighted by Crippen LogP contribution is 1.64. The van der Waals surface area contributed by atoms with E-state index in [2.05, 4.69) is 36.2 Å². The van der Waals surface area contributed by atoms with E-state index in [1.165, 1.54) is 6.42 Å². The lowest BCUT2D eigenvalue weighted by Gasteiger charge is -1.78. The van der Waals surface area contributed by atoms with Crippen molar-refractivity contribution in [2.75, 3.05) is 0 Å². The van der Waals surface area contributed by atoms with Gasteiger partial charge >= 0.3 is 0 Å². The molecule has 0 amide bonds. The molecular weight excluding hydrogens is 164 g/mol. The minimum atomic E-state index is -3.00. The number of hydrogen-bond acceptors (Lipinski definition) is 2. The third-order valence-corrected chi connectivity index (χ3v) is 0. The topological polar surface area (TPSA) is 40.5 Å². The molecule has 8 heavy (non-hydrogen) atoms. The molecule has 0 heterocycles. The zero-order valence-corrected chi connectivity index (χ0v) is 7.28. The highest BCUT2D eigenvalue weighted by Gasteiger charge is 1.71. The van der Waals surface area contributed by atoms with Crippen LogP contribution in [0.1, 0.15) is 20.3 Å². The van der Waals surface area contributed by atoms with Crippen LogP contribution in [0.2, 0.25) is 0 Å². The number of hydrogen-bond donors (Lipinski definition) is 2. The molecule has 0 radical (unpaired) electrons. The Bertz CT molecular complexity index is 106. The summed E-state index contributed by atoms with van der Waals surface area (Å²) < 4.78 is 15.6. The van der Waals surface area contributed by atoms with Crippen molar-refractivity contribution in [2.24, 2.45) is 0 Å². The normalized spacial score (nSPS) is 9.50. The van der Waals surface area contributed by atoms with Crippen molar-refractivity contribution < 1.29 is 9.11 Å². The van der Waals surface area contributed by atoms with E-state index >= 15 is 0 Å². The molecule has 52 valence electrons. The molecular formula is C3H10O2S3. The van der Waals surface area contributed by atoms with E-state index in [1.54, 1.807) is 0 Å². The summed E-state index contributed by atoms with van der Waals surface area (Å²) in [5, 5.41) is 0. The average Bonchev–Trinajstić information content (AvgIpc) is 1.27. The van der Waals surface area contributed by atoms with E-state index in [1.807, 2.05) is 0 Å². The summed E-state index contributed by atoms with van der Waals surface area (Å²) in [4.78, 5) is 0. The minimum Gasteiger partial charge on any atom is -0.306 e. The summed E-state index contributed by atoms with van der Waals surface area (Å²) in [6.07, 6.45) is 1.25. The summed E-state index contributed by atoms with van der Waals surface area (Å²) in [6.45, 7) is 4.25. The molecule has 0 bridgehead atoms. The summed E-state index contributed by atoms with van der Waals surface area (Å²) in [7, 11) is -3.00. The van der Waals surface area contributed by atoms with Gasteiger partial charge in [-0.2, -0.15) is 0 Å². The first-order chi connectivity index (χ1) is 3.41. The summed E-state index contributed by atoms with van der Waals surface area (Å²) in [5.74, 6) is 0. The standard InChI is InChI=1S/C3H8.H2O2S3/c1-3-2;1-5(2,3)4/h3H2,1-2H3;(H2,1,2,3,4). The molecule has 0 saturated heterocycles. The first-order valence-corrected chi connectivity index (χ1v) is 5.51. The zero-order chi connectivity index (χ0) is 7.21. The second kappa shape index (κ2) is 5.84. The van der Waals surface area contributed by atoms with Gasteiger partial charge in [0, 0.05) is 22.4 Å². The quantitative estimate of drug-likeness (QED) is 0.583. The lowest BCUT2D eigenvalue weighted by molar-refractivity contribution is 0.526. The Balaban J connectivity index is 0. The predicted octanol–water partition coefficient (Wildman–Crippen LogP) is 1.43. The van der Waals surface area contributed by atoms with Gasteiger partial charge in [-0.3, -0.25) is 0 Å². The largest absolute Gasteiger partial charge is 0.306 e. The molecule has 0 aromatic carbocycles. The minimum absolute atomic E-state index is 1.25. The smallest absolute Gasteiger partial charge is 0.132 e. The van der Waals surface area contributed by atoms with Gasteiger partial charge in [0.15, 0.2) is 0 Å². The zero-order valence-electron chi connectivity index (χ0n) is 4.83. The molecule has 0 unspecified atom stereocenters. The molecule has 0 rings (SSSR count). The fourth-order valence-corrected chi connectivity index (χ4v) is 0. The lowest BCUT2D eigenvalue weighted by atomic mass is 10.6. The van der Waals surface area contributed by atoms with Crippen LogP contribution in [0.4, 0.5) is 0 Å². The van der Waals surface area contributed by atoms with Gasteiger partial charge in [0.1, 0.15) is 7.71 Å². The molecule has 5 heteroatoms. The molecule has 0 aliphatic rings. The maximum atomic E-state index is 7.79. The van der Waals surface area contributed by atoms with E-state index in [4.69, 9.17) is 9.11 Å². The Morgan fingerprint density at radius 1 is 1.25 bits per heavy atom. The molecule has 0 fully saturated rings. The number of rotatable bonds is 0. The van der Waals surface area contributed by atoms with Gasteiger partial charge in [-0.15, -0.1) is 0 Å². The Morgan fingerprint density at radius 2 is 1.25 bits per heavy atom. The van der Waals surface area contributed by atoms with Crippen LogP contribution < -0.4 is 0 Å². The van der Waals surface area contributed by atoms with E-state index in [0.29, 0.717) is 0 Å². The van der Waals surface area contributed by atoms with Crippen LogP contribution in [0.3, 0.4) is 0 Å². The molecule has 0 aromatic heterocycles. The van der Waals surface area contributed by atoms with E-state index < -0.39 is 7.71 Å². The summed E-state index contributed by atoms with van der Waals surface area (Å²) in [6, 6.07) is 0. The van der Waals surface area contributed by atoms with E-state index in [9.17, 15) is 0 Å². The van der Waals surface area contributed by atoms with Crippen molar-refractivity contribution in [3.63, 3.8) is 0 Å². The van der Waals surface area contributed by atoms with Crippen LogP contribution in [-0.2, 0) is 30.1 Å². The van der Waals surface area contributed by atoms with E-state index in [0.717, 1.165) is 0 Å². The van der Waals surface area contributed by atoms with Crippen molar-refractivity contribution in [1.82, 2.24) is 0 Å². The monoisotopic (exact) mass is 174 g/mol. The molecule has 2 nitrogen and oxygen atoms in total. The second-order valence-electron chi connectivity index (χ2n) is 1.15. The maximum absolute atomic E-state index is 7.79. The Kier molecular flexibility index (Phi) is 8.39. The molecule has 0 saturated carbocycles. The van der Waals surface area contributed by atoms with Crippen LogP contribution in [0, 0.1) is 0 Å². The van der Waals surface area contributed by atoms with Crippen LogP contribution in [0.25, 0.3) is 0 Å². The maximum Gasteiger partial charge on any atom is 0.132 e. The van der Waals surface area contributed by atoms with Crippen LogP contribution in [0.15, 0.2) is 0 Å². The SMILES string of the molecule is CCC.OS(O)(=S)=S. The molecule has 0 atom stereocenters. The van der Waals surface area contributed by atoms with Crippen molar-refractivity contribution in [1.29, 1.82) is 0 Å². The van der Waals surface area contributed by atoms with Gasteiger partial charge in [-0.25, -0.2) is 0 Å². The van der Waals surface area contributed by atoms with E-state index in [-0.39, 0.29) is 0 Å². The highest BCUT2D eigenvalue weighted by molar-refractivity contribution is 8.50. The highest BCUT2D eigenvalue weighted by atomic mass is 33.1. The first kappa shape index (κ1) is 11.5. The predicted molar refractivity (Wildman–Crippen MR) is 43.3 cm³/mol. The molecule has 0 aliphatic carbocycles. The van der Waals surface area contributed by atoms with Crippen molar-refractivity contribution in [2.45, 2.75) is 20.3 Å². The lowest BCUT2D eigenvalue weighted by Crippen LogP contribution is -1.84. The first-order valence-electron chi connectivity index (χ1n) is 2.11. The molecule has 0 aliphatic heterocycles. The Morgan fingerprint density at radius 3 is 1.25 bits per heavy atom. The van der Waals surface area contributed by atoms with Gasteiger partial charge < -0.3 is 9.11 Å². The third kappa shape index (κ3) is 434. The fraction of sp³-hybridized carbons (Fsp3) is 1.00. The fourth-order valence-electron chi connectivity index (χ4n) is 0. The average molecular weight is 174 g/mol. The Labute approximate surface area is 59.8 Å². The van der Waals surface area contributed by atoms with Gasteiger partial charge in [0.25, 0.3) is 0 Å². The summed E-state index contributed by atoms with van der Waals surface area (Å²) in [5.41, 5.74) is 0. The van der Waals surface area contributed by atoms with Gasteiger partial charge in [0.2, 0.25) is 0 Å². The van der Waals surface area contributed by atoms with Crippen molar-refractivity contribution in [3.8, 4) is 0 Å². The molecule has 2 N–H and O–H groups in total. The second-order valence-corrected chi connectivity index (χ2v) is 5.47. The van der Waals surface area contributed by atoms with Crippen molar-refractivity contribution >= 4 is 30.1 Å². The van der Waals surface area contributed by atoms with Gasteiger partial charge in [-0.05, 0) is 0 Å². The third-order valence-electron chi connectivity index (χ3n) is 0. The van der Waals surface area contributed by atoms with Crippen LogP contribution in [0.5, 0.6) is 0 Å². The van der Waals surface area contributed by atoms with Gasteiger partial charge in [-0.1, -0.05) is 20.3 Å². The van der Waals surface area contributed by atoms with Crippen LogP contribution >= 0.6 is 0 Å². The van der Waals surface area contributed by atoms with Crippen LogP contribution in [-0.4, -0.2) is 9.11 Å². The summed E-state index contributed by atoms with van der Waals surface area (Å²) >= 11 is 7.67. The van der Waals surface area contributed by atoms with Crippen molar-refractivity contribution in [3.05, 3.63) is 0 Å². The van der Waals surface area contributed by atoms with Gasteiger partial charge in [0.05, 0.1) is 0 Å². The molecule has 0 aromatic rings. The Hall–Kier alpha value is 0.710.